The van der Waals surface area contributed by atoms with Gasteiger partial charge in [-0.3, -0.25) is 24.6 Å². The van der Waals surface area contributed by atoms with Crippen molar-refractivity contribution in [1.82, 2.24) is 20.1 Å². The Morgan fingerprint density at radius 2 is 2.04 bits per heavy atom. The molecule has 148 valence electrons. The van der Waals surface area contributed by atoms with Gasteiger partial charge in [0.25, 0.3) is 0 Å². The second kappa shape index (κ2) is 6.84. The van der Waals surface area contributed by atoms with Crippen LogP contribution in [-0.2, 0) is 27.4 Å². The van der Waals surface area contributed by atoms with Crippen LogP contribution in [0.2, 0.25) is 0 Å². The van der Waals surface area contributed by atoms with Crippen LogP contribution in [0.3, 0.4) is 0 Å². The van der Waals surface area contributed by atoms with Crippen molar-refractivity contribution >= 4 is 23.6 Å². The molecule has 0 bridgehead atoms. The summed E-state index contributed by atoms with van der Waals surface area (Å²) in [6.07, 6.45) is 1.31. The Hall–Kier alpha value is -2.62. The minimum absolute atomic E-state index is 0.0925. The zero-order valence-corrected chi connectivity index (χ0v) is 16.1. The molecule has 3 amide bonds. The van der Waals surface area contributed by atoms with Gasteiger partial charge < -0.3 is 9.64 Å². The summed E-state index contributed by atoms with van der Waals surface area (Å²) in [6, 6.07) is -0.0925. The van der Waals surface area contributed by atoms with E-state index in [1.807, 2.05) is 27.7 Å². The first-order valence-electron chi connectivity index (χ1n) is 8.96. The van der Waals surface area contributed by atoms with Crippen molar-refractivity contribution < 1.29 is 19.1 Å². The molecular weight excluding hydrogens is 352 g/mol. The first-order valence-corrected chi connectivity index (χ1v) is 8.96. The largest absolute Gasteiger partial charge is 0.444 e. The molecule has 0 spiro atoms. The zero-order valence-electron chi connectivity index (χ0n) is 16.1. The number of aromatic nitrogens is 2. The van der Waals surface area contributed by atoms with Crippen molar-refractivity contribution in [2.24, 2.45) is 11.8 Å². The lowest BCUT2D eigenvalue weighted by atomic mass is 10.1. The van der Waals surface area contributed by atoms with E-state index in [2.05, 4.69) is 10.5 Å². The molecule has 2 aliphatic heterocycles. The third-order valence-electron chi connectivity index (χ3n) is 4.77. The van der Waals surface area contributed by atoms with Crippen molar-refractivity contribution in [2.45, 2.75) is 58.8 Å². The quantitative estimate of drug-likeness (QED) is 0.435. The molecular formula is C17H26N6O4. The zero-order chi connectivity index (χ0) is 19.9. The lowest BCUT2D eigenvalue weighted by Crippen LogP contribution is -2.47. The standard InChI is InChI=1S/C17H26N6O4/c1-10-7-23-13(9-21(10)16(26)27-17(2,3)4)12(6-19-23)22-8-11(5-14(22)24)15(25)20-18/h6,10-11H,5,7-9,18H2,1-4H3,(H,20,25)/t10-,11?/m0/s1. The van der Waals surface area contributed by atoms with E-state index < -0.39 is 17.6 Å². The number of anilines is 1. The van der Waals surface area contributed by atoms with Gasteiger partial charge in [-0.2, -0.15) is 5.10 Å². The van der Waals surface area contributed by atoms with E-state index in [4.69, 9.17) is 10.6 Å². The van der Waals surface area contributed by atoms with Gasteiger partial charge in [0, 0.05) is 13.0 Å². The van der Waals surface area contributed by atoms with E-state index >= 15 is 0 Å². The maximum absolute atomic E-state index is 12.6. The second-order valence-corrected chi connectivity index (χ2v) is 8.03. The third-order valence-corrected chi connectivity index (χ3v) is 4.77. The average Bonchev–Trinajstić information content (AvgIpc) is 3.14. The third kappa shape index (κ3) is 3.75. The van der Waals surface area contributed by atoms with Gasteiger partial charge in [-0.25, -0.2) is 10.6 Å². The van der Waals surface area contributed by atoms with Gasteiger partial charge in [-0.1, -0.05) is 0 Å². The number of hydrazine groups is 1. The molecule has 0 aliphatic carbocycles. The van der Waals surface area contributed by atoms with Crippen molar-refractivity contribution in [3.63, 3.8) is 0 Å². The normalized spacial score (nSPS) is 22.6. The van der Waals surface area contributed by atoms with Crippen LogP contribution in [0.5, 0.6) is 0 Å². The molecule has 1 aromatic rings. The summed E-state index contributed by atoms with van der Waals surface area (Å²) in [6.45, 7) is 8.41. The van der Waals surface area contributed by atoms with Gasteiger partial charge in [0.2, 0.25) is 11.8 Å². The fourth-order valence-corrected chi connectivity index (χ4v) is 3.41. The van der Waals surface area contributed by atoms with E-state index in [-0.39, 0.29) is 37.4 Å². The smallest absolute Gasteiger partial charge is 0.410 e. The number of fused-ring (bicyclic) bond motifs is 1. The highest BCUT2D eigenvalue weighted by molar-refractivity contribution is 6.00. The summed E-state index contributed by atoms with van der Waals surface area (Å²) < 4.78 is 7.29. The van der Waals surface area contributed by atoms with E-state index in [0.29, 0.717) is 12.2 Å². The van der Waals surface area contributed by atoms with Gasteiger partial charge >= 0.3 is 6.09 Å². The number of ether oxygens (including phenoxy) is 1. The van der Waals surface area contributed by atoms with Crippen LogP contribution >= 0.6 is 0 Å². The SMILES string of the molecule is C[C@H]1Cn2ncc(N3CC(C(=O)NN)CC3=O)c2CN1C(=O)OC(C)(C)C. The fourth-order valence-electron chi connectivity index (χ4n) is 3.41. The number of nitrogens with one attached hydrogen (secondary N) is 1. The molecule has 0 aromatic carbocycles. The first-order chi connectivity index (χ1) is 12.6. The maximum atomic E-state index is 12.6. The molecule has 1 unspecified atom stereocenters. The lowest BCUT2D eigenvalue weighted by molar-refractivity contribution is -0.126. The highest BCUT2D eigenvalue weighted by atomic mass is 16.6. The molecule has 10 heteroatoms. The second-order valence-electron chi connectivity index (χ2n) is 8.03. The number of nitrogens with zero attached hydrogens (tertiary/aromatic N) is 4. The van der Waals surface area contributed by atoms with Crippen molar-refractivity contribution in [2.75, 3.05) is 11.4 Å². The summed E-state index contributed by atoms with van der Waals surface area (Å²) >= 11 is 0. The van der Waals surface area contributed by atoms with E-state index in [9.17, 15) is 14.4 Å². The predicted molar refractivity (Wildman–Crippen MR) is 96.3 cm³/mol. The molecule has 1 aromatic heterocycles. The number of hydrogen-bond donors (Lipinski definition) is 2. The van der Waals surface area contributed by atoms with Crippen LogP contribution in [0.4, 0.5) is 10.5 Å². The highest BCUT2D eigenvalue weighted by Gasteiger charge is 2.39. The van der Waals surface area contributed by atoms with Gasteiger partial charge in [0.1, 0.15) is 5.60 Å². The lowest BCUT2D eigenvalue weighted by Gasteiger charge is -2.36. The van der Waals surface area contributed by atoms with Crippen LogP contribution < -0.4 is 16.2 Å². The van der Waals surface area contributed by atoms with Gasteiger partial charge in [-0.15, -0.1) is 0 Å². The summed E-state index contributed by atoms with van der Waals surface area (Å²) in [5.41, 5.74) is 2.87. The Balaban J connectivity index is 1.82. The van der Waals surface area contributed by atoms with E-state index in [1.165, 1.54) is 0 Å². The van der Waals surface area contributed by atoms with Gasteiger partial charge in [-0.05, 0) is 27.7 Å². The highest BCUT2D eigenvalue weighted by Crippen LogP contribution is 2.32. The molecule has 3 rings (SSSR count). The summed E-state index contributed by atoms with van der Waals surface area (Å²) in [7, 11) is 0. The topological polar surface area (TPSA) is 123 Å². The Kier molecular flexibility index (Phi) is 4.85. The summed E-state index contributed by atoms with van der Waals surface area (Å²) in [5, 5.41) is 4.36. The molecule has 3 N–H and O–H groups in total. The fraction of sp³-hybridized carbons (Fsp3) is 0.647. The molecule has 1 saturated heterocycles. The molecule has 27 heavy (non-hydrogen) atoms. The number of rotatable bonds is 2. The van der Waals surface area contributed by atoms with Crippen molar-refractivity contribution in [3.05, 3.63) is 11.9 Å². The number of amides is 3. The molecule has 0 radical (unpaired) electrons. The van der Waals surface area contributed by atoms with E-state index in [1.54, 1.807) is 20.7 Å². The van der Waals surface area contributed by atoms with Crippen LogP contribution in [0.25, 0.3) is 0 Å². The monoisotopic (exact) mass is 378 g/mol. The number of nitrogens with two attached hydrogens (primary N) is 1. The van der Waals surface area contributed by atoms with Gasteiger partial charge in [0.05, 0.1) is 42.6 Å². The summed E-state index contributed by atoms with van der Waals surface area (Å²) in [5.74, 6) is 4.16. The van der Waals surface area contributed by atoms with Crippen LogP contribution in [-0.4, -0.2) is 50.8 Å². The average molecular weight is 378 g/mol. The summed E-state index contributed by atoms with van der Waals surface area (Å²) in [4.78, 5) is 39.9. The Morgan fingerprint density at radius 3 is 2.67 bits per heavy atom. The molecule has 1 fully saturated rings. The van der Waals surface area contributed by atoms with Crippen molar-refractivity contribution in [3.8, 4) is 0 Å². The van der Waals surface area contributed by atoms with Crippen LogP contribution in [0.15, 0.2) is 6.20 Å². The Morgan fingerprint density at radius 1 is 1.33 bits per heavy atom. The molecule has 2 aliphatic rings. The molecule has 0 saturated carbocycles. The molecule has 10 nitrogen and oxygen atoms in total. The minimum Gasteiger partial charge on any atom is -0.444 e. The van der Waals surface area contributed by atoms with Crippen LogP contribution in [0.1, 0.15) is 39.8 Å². The first kappa shape index (κ1) is 19.2. The Bertz CT molecular complexity index is 768. The predicted octanol–water partition coefficient (Wildman–Crippen LogP) is 0.365. The van der Waals surface area contributed by atoms with E-state index in [0.717, 1.165) is 5.69 Å². The van der Waals surface area contributed by atoms with Crippen molar-refractivity contribution in [1.29, 1.82) is 0 Å². The molecule has 3 heterocycles. The Labute approximate surface area is 157 Å². The number of carbonyl (C=O) groups excluding carboxylic acids is 3. The maximum Gasteiger partial charge on any atom is 0.410 e. The van der Waals surface area contributed by atoms with Crippen LogP contribution in [0, 0.1) is 5.92 Å². The van der Waals surface area contributed by atoms with Gasteiger partial charge in [0.15, 0.2) is 0 Å². The minimum atomic E-state index is -0.592. The number of hydrogen-bond acceptors (Lipinski definition) is 6. The number of carbonyl (C=O) groups is 3. The molecule has 2 atom stereocenters.